The molecular formula is C12H16BrFN2O. The number of amides is 1. The van der Waals surface area contributed by atoms with Crippen molar-refractivity contribution in [1.82, 2.24) is 0 Å². The SMILES string of the molecule is CC(C)CC(N)C(=O)Nc1ccc(F)c(Br)c1. The van der Waals surface area contributed by atoms with E-state index >= 15 is 0 Å². The predicted molar refractivity (Wildman–Crippen MR) is 70.2 cm³/mol. The largest absolute Gasteiger partial charge is 0.325 e. The van der Waals surface area contributed by atoms with E-state index in [0.29, 0.717) is 22.5 Å². The molecule has 3 nitrogen and oxygen atoms in total. The number of hydrogen-bond donors (Lipinski definition) is 2. The fourth-order valence-corrected chi connectivity index (χ4v) is 1.80. The summed E-state index contributed by atoms with van der Waals surface area (Å²) in [5.41, 5.74) is 6.27. The van der Waals surface area contributed by atoms with Crippen LogP contribution in [-0.2, 0) is 4.79 Å². The Morgan fingerprint density at radius 3 is 2.71 bits per heavy atom. The lowest BCUT2D eigenvalue weighted by Crippen LogP contribution is -2.36. The van der Waals surface area contributed by atoms with Gasteiger partial charge < -0.3 is 11.1 Å². The minimum atomic E-state index is -0.543. The zero-order valence-corrected chi connectivity index (χ0v) is 11.4. The molecule has 0 saturated heterocycles. The first-order valence-corrected chi connectivity index (χ1v) is 6.21. The van der Waals surface area contributed by atoms with Crippen LogP contribution in [0.2, 0.25) is 0 Å². The van der Waals surface area contributed by atoms with Crippen molar-refractivity contribution in [1.29, 1.82) is 0 Å². The fraction of sp³-hybridized carbons (Fsp3) is 0.417. The molecule has 0 radical (unpaired) electrons. The van der Waals surface area contributed by atoms with Gasteiger partial charge in [0.1, 0.15) is 5.82 Å². The van der Waals surface area contributed by atoms with Crippen LogP contribution < -0.4 is 11.1 Å². The highest BCUT2D eigenvalue weighted by molar-refractivity contribution is 9.10. The summed E-state index contributed by atoms with van der Waals surface area (Å²) in [4.78, 5) is 11.7. The van der Waals surface area contributed by atoms with Crippen LogP contribution in [-0.4, -0.2) is 11.9 Å². The summed E-state index contributed by atoms with van der Waals surface area (Å²) in [5.74, 6) is -0.262. The highest BCUT2D eigenvalue weighted by Crippen LogP contribution is 2.20. The molecule has 0 bridgehead atoms. The van der Waals surface area contributed by atoms with E-state index in [9.17, 15) is 9.18 Å². The second-order valence-corrected chi connectivity index (χ2v) is 5.21. The van der Waals surface area contributed by atoms with Crippen LogP contribution in [0.5, 0.6) is 0 Å². The predicted octanol–water partition coefficient (Wildman–Crippen LogP) is 2.90. The average molecular weight is 303 g/mol. The molecule has 1 aromatic rings. The smallest absolute Gasteiger partial charge is 0.241 e. The summed E-state index contributed by atoms with van der Waals surface area (Å²) in [7, 11) is 0. The van der Waals surface area contributed by atoms with Gasteiger partial charge in [-0.05, 0) is 46.5 Å². The maximum atomic E-state index is 13.0. The summed E-state index contributed by atoms with van der Waals surface area (Å²) >= 11 is 3.06. The molecule has 0 aliphatic rings. The number of halogens is 2. The minimum absolute atomic E-state index is 0.253. The number of carbonyl (C=O) groups excluding carboxylic acids is 1. The lowest BCUT2D eigenvalue weighted by molar-refractivity contribution is -0.117. The van der Waals surface area contributed by atoms with Crippen LogP contribution in [0, 0.1) is 11.7 Å². The van der Waals surface area contributed by atoms with Gasteiger partial charge in [-0.2, -0.15) is 0 Å². The summed E-state index contributed by atoms with van der Waals surface area (Å²) in [6, 6.07) is 3.75. The fourth-order valence-electron chi connectivity index (χ4n) is 1.42. The second-order valence-electron chi connectivity index (χ2n) is 4.35. The summed E-state index contributed by atoms with van der Waals surface area (Å²) in [6.45, 7) is 4.00. The number of anilines is 1. The standard InChI is InChI=1S/C12H16BrFN2O/c1-7(2)5-11(15)12(17)16-8-3-4-10(14)9(13)6-8/h3-4,6-7,11H,5,15H2,1-2H3,(H,16,17). The minimum Gasteiger partial charge on any atom is -0.325 e. The number of nitrogens with one attached hydrogen (secondary N) is 1. The Balaban J connectivity index is 2.64. The summed E-state index contributed by atoms with van der Waals surface area (Å²) in [6.07, 6.45) is 0.619. The van der Waals surface area contributed by atoms with Gasteiger partial charge in [-0.25, -0.2) is 4.39 Å². The van der Waals surface area contributed by atoms with Gasteiger partial charge in [-0.3, -0.25) is 4.79 Å². The monoisotopic (exact) mass is 302 g/mol. The van der Waals surface area contributed by atoms with Crippen LogP contribution in [0.4, 0.5) is 10.1 Å². The lowest BCUT2D eigenvalue weighted by atomic mass is 10.0. The third-order valence-corrected chi connectivity index (χ3v) is 2.86. The molecule has 1 rings (SSSR count). The second kappa shape index (κ2) is 6.12. The van der Waals surface area contributed by atoms with Crippen molar-refractivity contribution in [2.24, 2.45) is 11.7 Å². The quantitative estimate of drug-likeness (QED) is 0.898. The zero-order chi connectivity index (χ0) is 13.0. The Morgan fingerprint density at radius 1 is 1.53 bits per heavy atom. The Morgan fingerprint density at radius 2 is 2.18 bits per heavy atom. The van der Waals surface area contributed by atoms with Gasteiger partial charge in [0.2, 0.25) is 5.91 Å². The van der Waals surface area contributed by atoms with E-state index in [2.05, 4.69) is 21.2 Å². The Labute approximate surface area is 109 Å². The molecule has 0 aliphatic carbocycles. The zero-order valence-electron chi connectivity index (χ0n) is 9.84. The highest BCUT2D eigenvalue weighted by atomic mass is 79.9. The van der Waals surface area contributed by atoms with Crippen molar-refractivity contribution < 1.29 is 9.18 Å². The molecular weight excluding hydrogens is 287 g/mol. The van der Waals surface area contributed by atoms with E-state index in [1.807, 2.05) is 13.8 Å². The molecule has 0 heterocycles. The van der Waals surface area contributed by atoms with Crippen molar-refractivity contribution in [3.8, 4) is 0 Å². The van der Waals surface area contributed by atoms with Crippen molar-refractivity contribution in [3.05, 3.63) is 28.5 Å². The molecule has 17 heavy (non-hydrogen) atoms. The average Bonchev–Trinajstić information content (AvgIpc) is 2.22. The van der Waals surface area contributed by atoms with E-state index in [1.54, 1.807) is 0 Å². The van der Waals surface area contributed by atoms with Crippen LogP contribution >= 0.6 is 15.9 Å². The van der Waals surface area contributed by atoms with Gasteiger partial charge in [-0.1, -0.05) is 13.8 Å². The maximum absolute atomic E-state index is 13.0. The third-order valence-electron chi connectivity index (χ3n) is 2.25. The van der Waals surface area contributed by atoms with Crippen molar-refractivity contribution in [2.45, 2.75) is 26.3 Å². The van der Waals surface area contributed by atoms with Gasteiger partial charge >= 0.3 is 0 Å². The third kappa shape index (κ3) is 4.44. The van der Waals surface area contributed by atoms with Crippen LogP contribution in [0.1, 0.15) is 20.3 Å². The molecule has 0 aliphatic heterocycles. The Bertz CT molecular complexity index is 409. The first-order chi connectivity index (χ1) is 7.90. The van der Waals surface area contributed by atoms with E-state index in [0.717, 1.165) is 0 Å². The number of nitrogens with two attached hydrogens (primary N) is 1. The molecule has 0 fully saturated rings. The normalized spacial score (nSPS) is 12.6. The van der Waals surface area contributed by atoms with Crippen LogP contribution in [0.3, 0.4) is 0 Å². The first-order valence-electron chi connectivity index (χ1n) is 5.41. The van der Waals surface area contributed by atoms with E-state index in [1.165, 1.54) is 18.2 Å². The molecule has 1 atom stereocenters. The van der Waals surface area contributed by atoms with E-state index in [-0.39, 0.29) is 11.7 Å². The van der Waals surface area contributed by atoms with Gasteiger partial charge in [-0.15, -0.1) is 0 Å². The Hall–Kier alpha value is -0.940. The topological polar surface area (TPSA) is 55.1 Å². The van der Waals surface area contributed by atoms with E-state index < -0.39 is 6.04 Å². The molecule has 5 heteroatoms. The van der Waals surface area contributed by atoms with Crippen molar-refractivity contribution >= 4 is 27.5 Å². The van der Waals surface area contributed by atoms with E-state index in [4.69, 9.17) is 5.73 Å². The van der Waals surface area contributed by atoms with Gasteiger partial charge in [0.15, 0.2) is 0 Å². The molecule has 0 aromatic heterocycles. The van der Waals surface area contributed by atoms with Gasteiger partial charge in [0.05, 0.1) is 10.5 Å². The molecule has 0 spiro atoms. The molecule has 94 valence electrons. The molecule has 0 saturated carbocycles. The maximum Gasteiger partial charge on any atom is 0.241 e. The molecule has 1 unspecified atom stereocenters. The lowest BCUT2D eigenvalue weighted by Gasteiger charge is -2.14. The number of hydrogen-bond acceptors (Lipinski definition) is 2. The molecule has 3 N–H and O–H groups in total. The van der Waals surface area contributed by atoms with Gasteiger partial charge in [0.25, 0.3) is 0 Å². The van der Waals surface area contributed by atoms with Crippen LogP contribution in [0.15, 0.2) is 22.7 Å². The highest BCUT2D eigenvalue weighted by Gasteiger charge is 2.15. The van der Waals surface area contributed by atoms with Crippen molar-refractivity contribution in [2.75, 3.05) is 5.32 Å². The van der Waals surface area contributed by atoms with Gasteiger partial charge in [0, 0.05) is 5.69 Å². The number of benzene rings is 1. The number of carbonyl (C=O) groups is 1. The summed E-state index contributed by atoms with van der Waals surface area (Å²) in [5, 5.41) is 2.65. The van der Waals surface area contributed by atoms with Crippen LogP contribution in [0.25, 0.3) is 0 Å². The number of rotatable bonds is 4. The van der Waals surface area contributed by atoms with Crippen molar-refractivity contribution in [3.63, 3.8) is 0 Å². The Kier molecular flexibility index (Phi) is 5.08. The molecule has 1 aromatic carbocycles. The molecule has 1 amide bonds. The first kappa shape index (κ1) is 14.1. The summed E-state index contributed by atoms with van der Waals surface area (Å²) < 4.78 is 13.3.